The lowest BCUT2D eigenvalue weighted by Gasteiger charge is -2.24. The van der Waals surface area contributed by atoms with Crippen LogP contribution in [0.15, 0.2) is 23.3 Å². The Morgan fingerprint density at radius 3 is 2.36 bits per heavy atom. The first-order valence-corrected chi connectivity index (χ1v) is 9.13. The number of carbonyl (C=O) groups is 1. The fourth-order valence-electron chi connectivity index (χ4n) is 2.43. The molecule has 5 heteroatoms. The van der Waals surface area contributed by atoms with Crippen molar-refractivity contribution in [2.45, 2.75) is 66.8 Å². The molecule has 0 saturated carbocycles. The molecular formula is C20H32ClN3O. The number of amides is 1. The highest BCUT2D eigenvalue weighted by Gasteiger charge is 2.28. The fourth-order valence-corrected chi connectivity index (χ4v) is 2.62. The summed E-state index contributed by atoms with van der Waals surface area (Å²) in [7, 11) is 1.80. The van der Waals surface area contributed by atoms with E-state index in [-0.39, 0.29) is 11.4 Å². The van der Waals surface area contributed by atoms with Crippen LogP contribution in [-0.2, 0) is 5.54 Å². The smallest absolute Gasteiger partial charge is 0.273 e. The standard InChI is InChI=1S/C20H32ClN3O/c1-14(2)10-9-11-15(3)12-13-23(8)19(25)18-17(21)16(4)22-24(18)20(5,6)7/h10,12H,9,11,13H2,1-8H3/b15-12+. The number of hydrogen-bond acceptors (Lipinski definition) is 2. The highest BCUT2D eigenvalue weighted by atomic mass is 35.5. The third-order valence-corrected chi connectivity index (χ3v) is 4.43. The maximum absolute atomic E-state index is 12.9. The second-order valence-electron chi connectivity index (χ2n) is 7.89. The molecule has 1 aromatic rings. The van der Waals surface area contributed by atoms with Crippen LogP contribution in [0.1, 0.15) is 70.6 Å². The van der Waals surface area contributed by atoms with Gasteiger partial charge in [0.05, 0.1) is 16.3 Å². The zero-order valence-electron chi connectivity index (χ0n) is 16.9. The van der Waals surface area contributed by atoms with Crippen LogP contribution in [0.3, 0.4) is 0 Å². The minimum absolute atomic E-state index is 0.103. The minimum atomic E-state index is -0.306. The van der Waals surface area contributed by atoms with E-state index in [0.29, 0.717) is 23.0 Å². The molecule has 1 rings (SSSR count). The van der Waals surface area contributed by atoms with Gasteiger partial charge >= 0.3 is 0 Å². The number of aromatic nitrogens is 2. The van der Waals surface area contributed by atoms with Crippen LogP contribution in [0.25, 0.3) is 0 Å². The van der Waals surface area contributed by atoms with E-state index in [4.69, 9.17) is 11.6 Å². The third kappa shape index (κ3) is 6.03. The van der Waals surface area contributed by atoms with E-state index in [0.717, 1.165) is 12.8 Å². The van der Waals surface area contributed by atoms with Crippen molar-refractivity contribution in [3.63, 3.8) is 0 Å². The molecule has 140 valence electrons. The minimum Gasteiger partial charge on any atom is -0.337 e. The maximum Gasteiger partial charge on any atom is 0.273 e. The molecule has 0 fully saturated rings. The molecule has 4 nitrogen and oxygen atoms in total. The van der Waals surface area contributed by atoms with Crippen LogP contribution in [0, 0.1) is 6.92 Å². The monoisotopic (exact) mass is 365 g/mol. The Kier molecular flexibility index (Phi) is 7.48. The van der Waals surface area contributed by atoms with Gasteiger partial charge in [0.15, 0.2) is 0 Å². The Balaban J connectivity index is 2.89. The zero-order valence-corrected chi connectivity index (χ0v) is 17.7. The van der Waals surface area contributed by atoms with Crippen LogP contribution >= 0.6 is 11.6 Å². The van der Waals surface area contributed by atoms with Crippen LogP contribution < -0.4 is 0 Å². The topological polar surface area (TPSA) is 38.1 Å². The van der Waals surface area contributed by atoms with E-state index in [1.807, 2.05) is 27.7 Å². The van der Waals surface area contributed by atoms with Gasteiger partial charge in [-0.3, -0.25) is 9.48 Å². The number of rotatable bonds is 6. The molecule has 0 bridgehead atoms. The fraction of sp³-hybridized carbons (Fsp3) is 0.600. The first-order chi connectivity index (χ1) is 11.4. The van der Waals surface area contributed by atoms with Crippen molar-refractivity contribution in [3.8, 4) is 0 Å². The van der Waals surface area contributed by atoms with E-state index in [9.17, 15) is 4.79 Å². The normalized spacial score (nSPS) is 12.3. The predicted octanol–water partition coefficient (Wildman–Crippen LogP) is 5.36. The van der Waals surface area contributed by atoms with Crippen molar-refractivity contribution in [3.05, 3.63) is 39.7 Å². The van der Waals surface area contributed by atoms with Gasteiger partial charge in [0, 0.05) is 13.6 Å². The molecule has 0 spiro atoms. The van der Waals surface area contributed by atoms with Crippen molar-refractivity contribution in [2.75, 3.05) is 13.6 Å². The molecule has 0 radical (unpaired) electrons. The summed E-state index contributed by atoms with van der Waals surface area (Å²) >= 11 is 6.37. The molecule has 1 aromatic heterocycles. The average Bonchev–Trinajstić information content (AvgIpc) is 2.79. The quantitative estimate of drug-likeness (QED) is 0.636. The summed E-state index contributed by atoms with van der Waals surface area (Å²) in [6.45, 7) is 14.7. The van der Waals surface area contributed by atoms with Crippen LogP contribution in [0.2, 0.25) is 5.02 Å². The molecule has 0 aliphatic carbocycles. The van der Waals surface area contributed by atoms with Gasteiger partial charge < -0.3 is 4.90 Å². The van der Waals surface area contributed by atoms with Gasteiger partial charge in [-0.2, -0.15) is 5.10 Å². The number of carbonyl (C=O) groups excluding carboxylic acids is 1. The molecule has 0 unspecified atom stereocenters. The summed E-state index contributed by atoms with van der Waals surface area (Å²) in [6.07, 6.45) is 6.38. The second-order valence-corrected chi connectivity index (χ2v) is 8.26. The van der Waals surface area contributed by atoms with Gasteiger partial charge in [0.1, 0.15) is 5.69 Å². The molecule has 0 aromatic carbocycles. The number of likely N-dealkylation sites (N-methyl/N-ethyl adjacent to an activating group) is 1. The van der Waals surface area contributed by atoms with Crippen LogP contribution in [0.4, 0.5) is 0 Å². The first-order valence-electron chi connectivity index (χ1n) is 8.75. The molecule has 0 N–H and O–H groups in total. The Labute approximate surface area is 157 Å². The molecule has 0 aliphatic rings. The van der Waals surface area contributed by atoms with E-state index < -0.39 is 0 Å². The van der Waals surface area contributed by atoms with Gasteiger partial charge in [-0.25, -0.2) is 0 Å². The number of halogens is 1. The average molecular weight is 366 g/mol. The summed E-state index contributed by atoms with van der Waals surface area (Å²) in [5.74, 6) is -0.103. The number of aryl methyl sites for hydroxylation is 1. The van der Waals surface area contributed by atoms with Crippen molar-refractivity contribution >= 4 is 17.5 Å². The van der Waals surface area contributed by atoms with E-state index in [2.05, 4.69) is 38.0 Å². The lowest BCUT2D eigenvalue weighted by atomic mass is 10.1. The highest BCUT2D eigenvalue weighted by Crippen LogP contribution is 2.27. The SMILES string of the molecule is CC(C)=CCC/C(C)=C/CN(C)C(=O)c1c(Cl)c(C)nn1C(C)(C)C. The molecular weight excluding hydrogens is 334 g/mol. The van der Waals surface area contributed by atoms with Crippen LogP contribution in [-0.4, -0.2) is 34.2 Å². The Hall–Kier alpha value is -1.55. The van der Waals surface area contributed by atoms with Gasteiger partial charge in [0.2, 0.25) is 0 Å². The Morgan fingerprint density at radius 1 is 1.24 bits per heavy atom. The van der Waals surface area contributed by atoms with E-state index in [1.165, 1.54) is 11.1 Å². The predicted molar refractivity (Wildman–Crippen MR) is 106 cm³/mol. The highest BCUT2D eigenvalue weighted by molar-refractivity contribution is 6.34. The van der Waals surface area contributed by atoms with Crippen molar-refractivity contribution < 1.29 is 4.79 Å². The van der Waals surface area contributed by atoms with E-state index >= 15 is 0 Å². The Morgan fingerprint density at radius 2 is 1.84 bits per heavy atom. The van der Waals surface area contributed by atoms with Crippen molar-refractivity contribution in [1.29, 1.82) is 0 Å². The first kappa shape index (κ1) is 21.5. The van der Waals surface area contributed by atoms with Gasteiger partial charge in [-0.05, 0) is 61.3 Å². The van der Waals surface area contributed by atoms with Crippen molar-refractivity contribution in [2.24, 2.45) is 0 Å². The molecule has 1 heterocycles. The number of allylic oxidation sites excluding steroid dienone is 3. The van der Waals surface area contributed by atoms with Crippen molar-refractivity contribution in [1.82, 2.24) is 14.7 Å². The van der Waals surface area contributed by atoms with Gasteiger partial charge in [-0.15, -0.1) is 0 Å². The Bertz CT molecular complexity index is 674. The largest absolute Gasteiger partial charge is 0.337 e. The summed E-state index contributed by atoms with van der Waals surface area (Å²) in [5, 5.41) is 4.89. The van der Waals surface area contributed by atoms with E-state index in [1.54, 1.807) is 16.6 Å². The van der Waals surface area contributed by atoms with Crippen LogP contribution in [0.5, 0.6) is 0 Å². The summed E-state index contributed by atoms with van der Waals surface area (Å²) in [4.78, 5) is 14.6. The summed E-state index contributed by atoms with van der Waals surface area (Å²) in [6, 6.07) is 0. The third-order valence-electron chi connectivity index (χ3n) is 3.98. The molecule has 0 aliphatic heterocycles. The summed E-state index contributed by atoms with van der Waals surface area (Å²) in [5.41, 5.74) is 3.45. The number of nitrogens with zero attached hydrogens (tertiary/aromatic N) is 3. The lowest BCUT2D eigenvalue weighted by Crippen LogP contribution is -2.34. The lowest BCUT2D eigenvalue weighted by molar-refractivity contribution is 0.0790. The molecule has 25 heavy (non-hydrogen) atoms. The number of hydrogen-bond donors (Lipinski definition) is 0. The second kappa shape index (κ2) is 8.70. The molecule has 1 amide bonds. The van der Waals surface area contributed by atoms with Gasteiger partial charge in [0.25, 0.3) is 5.91 Å². The van der Waals surface area contributed by atoms with Gasteiger partial charge in [-0.1, -0.05) is 34.9 Å². The molecule has 0 saturated heterocycles. The molecule has 0 atom stereocenters. The maximum atomic E-state index is 12.9. The summed E-state index contributed by atoms with van der Waals surface area (Å²) < 4.78 is 1.73. The zero-order chi connectivity index (χ0) is 19.4.